The fourth-order valence-electron chi connectivity index (χ4n) is 2.48. The minimum Gasteiger partial charge on any atom is -0.463 e. The van der Waals surface area contributed by atoms with E-state index in [1.807, 2.05) is 6.92 Å². The van der Waals surface area contributed by atoms with E-state index in [0.29, 0.717) is 66.1 Å². The van der Waals surface area contributed by atoms with E-state index >= 15 is 0 Å². The maximum atomic E-state index is 11.9. The largest absolute Gasteiger partial charge is 0.463 e. The molecule has 184 valence electrons. The molecule has 0 saturated carbocycles. The van der Waals surface area contributed by atoms with Crippen LogP contribution in [-0.2, 0) is 42.7 Å². The zero-order chi connectivity index (χ0) is 23.0. The van der Waals surface area contributed by atoms with Crippen molar-refractivity contribution < 1.29 is 42.7 Å². The smallest absolute Gasteiger partial charge is 0.308 e. The summed E-state index contributed by atoms with van der Waals surface area (Å²) in [5, 5.41) is 0. The first-order valence-electron chi connectivity index (χ1n) is 11.3. The number of rotatable bonds is 23. The lowest BCUT2D eigenvalue weighted by Crippen LogP contribution is -2.20. The first-order chi connectivity index (χ1) is 15.1. The highest BCUT2D eigenvalue weighted by atomic mass is 16.6. The van der Waals surface area contributed by atoms with Crippen LogP contribution in [0.4, 0.5) is 0 Å². The van der Waals surface area contributed by atoms with Crippen LogP contribution in [-0.4, -0.2) is 91.2 Å². The van der Waals surface area contributed by atoms with Crippen molar-refractivity contribution >= 4 is 11.9 Å². The van der Waals surface area contributed by atoms with Gasteiger partial charge in [-0.15, -0.1) is 0 Å². The van der Waals surface area contributed by atoms with E-state index in [1.165, 1.54) is 6.92 Å². The van der Waals surface area contributed by atoms with Crippen molar-refractivity contribution in [1.29, 1.82) is 0 Å². The van der Waals surface area contributed by atoms with Crippen molar-refractivity contribution in [2.45, 2.75) is 46.5 Å². The number of hydrogen-bond donors (Lipinski definition) is 0. The molecule has 0 aromatic carbocycles. The predicted molar refractivity (Wildman–Crippen MR) is 115 cm³/mol. The maximum absolute atomic E-state index is 11.9. The number of carbonyl (C=O) groups excluding carboxylic acids is 2. The van der Waals surface area contributed by atoms with Crippen molar-refractivity contribution in [2.24, 2.45) is 5.92 Å². The summed E-state index contributed by atoms with van der Waals surface area (Å²) in [7, 11) is 0. The van der Waals surface area contributed by atoms with Crippen LogP contribution in [0.25, 0.3) is 0 Å². The minimum atomic E-state index is -0.311. The molecule has 0 radical (unpaired) electrons. The topological polar surface area (TPSA) is 98.8 Å². The van der Waals surface area contributed by atoms with Crippen LogP contribution in [0.1, 0.15) is 46.5 Å². The molecule has 0 bridgehead atoms. The van der Waals surface area contributed by atoms with Crippen molar-refractivity contribution in [3.8, 4) is 0 Å². The molecular formula is C22H42O9. The molecule has 0 spiro atoms. The molecule has 0 aliphatic carbocycles. The summed E-state index contributed by atoms with van der Waals surface area (Å²) < 4.78 is 36.8. The number of ether oxygens (including phenoxy) is 7. The summed E-state index contributed by atoms with van der Waals surface area (Å²) in [6, 6.07) is 0. The van der Waals surface area contributed by atoms with Gasteiger partial charge in [0.2, 0.25) is 0 Å². The first-order valence-corrected chi connectivity index (χ1v) is 11.3. The van der Waals surface area contributed by atoms with Gasteiger partial charge in [0.25, 0.3) is 0 Å². The predicted octanol–water partition coefficient (Wildman–Crippen LogP) is 2.39. The molecule has 0 saturated heterocycles. The summed E-state index contributed by atoms with van der Waals surface area (Å²) in [6.45, 7) is 10.5. The second-order valence-electron chi connectivity index (χ2n) is 6.82. The van der Waals surface area contributed by atoms with Crippen LogP contribution in [0.5, 0.6) is 0 Å². The van der Waals surface area contributed by atoms with Gasteiger partial charge in [0.1, 0.15) is 13.2 Å². The Morgan fingerprint density at radius 3 is 1.35 bits per heavy atom. The molecule has 1 unspecified atom stereocenters. The lowest BCUT2D eigenvalue weighted by Gasteiger charge is -2.13. The summed E-state index contributed by atoms with van der Waals surface area (Å²) in [5.41, 5.74) is 0. The Morgan fingerprint density at radius 2 is 1.00 bits per heavy atom. The Labute approximate surface area is 187 Å². The van der Waals surface area contributed by atoms with Crippen LogP contribution in [0.15, 0.2) is 0 Å². The average Bonchev–Trinajstić information content (AvgIpc) is 2.75. The molecule has 0 aliphatic rings. The van der Waals surface area contributed by atoms with Gasteiger partial charge >= 0.3 is 11.9 Å². The third-order valence-electron chi connectivity index (χ3n) is 4.23. The molecule has 0 aromatic rings. The van der Waals surface area contributed by atoms with E-state index in [9.17, 15) is 9.59 Å². The van der Waals surface area contributed by atoms with Gasteiger partial charge < -0.3 is 33.2 Å². The van der Waals surface area contributed by atoms with E-state index in [4.69, 9.17) is 33.2 Å². The van der Waals surface area contributed by atoms with Crippen molar-refractivity contribution in [2.75, 3.05) is 79.3 Å². The van der Waals surface area contributed by atoms with Gasteiger partial charge in [-0.05, 0) is 12.8 Å². The number of esters is 2. The summed E-state index contributed by atoms with van der Waals surface area (Å²) in [6.07, 6.45) is 3.84. The number of hydrogen-bond acceptors (Lipinski definition) is 9. The minimum absolute atomic E-state index is 0.000673. The van der Waals surface area contributed by atoms with E-state index in [1.54, 1.807) is 0 Å². The maximum Gasteiger partial charge on any atom is 0.308 e. The molecule has 0 N–H and O–H groups in total. The second-order valence-corrected chi connectivity index (χ2v) is 6.82. The Hall–Kier alpha value is -1.26. The molecule has 0 heterocycles. The van der Waals surface area contributed by atoms with Crippen molar-refractivity contribution in [3.05, 3.63) is 0 Å². The SMILES string of the molecule is CCCCC(CC)C(=O)OCCOCCOCCOCCOCCOCCOC(C)=O. The molecule has 1 atom stereocenters. The van der Waals surface area contributed by atoms with Crippen LogP contribution in [0.3, 0.4) is 0 Å². The lowest BCUT2D eigenvalue weighted by molar-refractivity contribution is -0.150. The van der Waals surface area contributed by atoms with E-state index in [0.717, 1.165) is 25.7 Å². The Bertz CT molecular complexity index is 418. The first kappa shape index (κ1) is 29.7. The molecule has 0 rings (SSSR count). The summed E-state index contributed by atoms with van der Waals surface area (Å²) in [4.78, 5) is 22.5. The highest BCUT2D eigenvalue weighted by molar-refractivity contribution is 5.72. The lowest BCUT2D eigenvalue weighted by atomic mass is 10.00. The highest BCUT2D eigenvalue weighted by Gasteiger charge is 2.16. The van der Waals surface area contributed by atoms with Gasteiger partial charge in [0, 0.05) is 6.92 Å². The normalized spacial score (nSPS) is 12.0. The van der Waals surface area contributed by atoms with Gasteiger partial charge in [-0.1, -0.05) is 26.7 Å². The van der Waals surface area contributed by atoms with Gasteiger partial charge in [-0.3, -0.25) is 9.59 Å². The van der Waals surface area contributed by atoms with E-state index in [-0.39, 0.29) is 31.1 Å². The molecule has 31 heavy (non-hydrogen) atoms. The number of unbranched alkanes of at least 4 members (excludes halogenated alkanes) is 1. The van der Waals surface area contributed by atoms with Gasteiger partial charge in [-0.2, -0.15) is 0 Å². The van der Waals surface area contributed by atoms with Crippen LogP contribution in [0.2, 0.25) is 0 Å². The summed E-state index contributed by atoms with van der Waals surface area (Å²) >= 11 is 0. The monoisotopic (exact) mass is 450 g/mol. The summed E-state index contributed by atoms with van der Waals surface area (Å²) in [5.74, 6) is -0.432. The standard InChI is InChI=1S/C22H42O9/c1-4-6-7-21(5-2)22(24)31-19-17-29-15-13-27-11-9-25-8-10-26-12-14-28-16-18-30-20(3)23/h21H,4-19H2,1-3H3. The van der Waals surface area contributed by atoms with Crippen LogP contribution < -0.4 is 0 Å². The van der Waals surface area contributed by atoms with Gasteiger partial charge in [0.15, 0.2) is 0 Å². The van der Waals surface area contributed by atoms with Gasteiger partial charge in [-0.25, -0.2) is 0 Å². The van der Waals surface area contributed by atoms with Crippen molar-refractivity contribution in [1.82, 2.24) is 0 Å². The van der Waals surface area contributed by atoms with Crippen LogP contribution >= 0.6 is 0 Å². The highest BCUT2D eigenvalue weighted by Crippen LogP contribution is 2.14. The van der Waals surface area contributed by atoms with E-state index in [2.05, 4.69) is 6.92 Å². The average molecular weight is 451 g/mol. The zero-order valence-corrected chi connectivity index (χ0v) is 19.6. The molecule has 9 heteroatoms. The quantitative estimate of drug-likeness (QED) is 0.172. The molecule has 9 nitrogen and oxygen atoms in total. The fourth-order valence-corrected chi connectivity index (χ4v) is 2.48. The van der Waals surface area contributed by atoms with Gasteiger partial charge in [0.05, 0.1) is 72.0 Å². The third-order valence-corrected chi connectivity index (χ3v) is 4.23. The van der Waals surface area contributed by atoms with Crippen molar-refractivity contribution in [3.63, 3.8) is 0 Å². The molecule has 0 amide bonds. The second kappa shape index (κ2) is 23.4. The Morgan fingerprint density at radius 1 is 0.613 bits per heavy atom. The molecule has 0 aromatic heterocycles. The van der Waals surface area contributed by atoms with Crippen LogP contribution in [0, 0.1) is 5.92 Å². The third kappa shape index (κ3) is 21.7. The Balaban J connectivity index is 3.23. The molecule has 0 aliphatic heterocycles. The molecular weight excluding hydrogens is 408 g/mol. The fraction of sp³-hybridized carbons (Fsp3) is 0.909. The molecule has 0 fully saturated rings. The Kier molecular flexibility index (Phi) is 22.5. The zero-order valence-electron chi connectivity index (χ0n) is 19.6. The number of carbonyl (C=O) groups is 2. The van der Waals surface area contributed by atoms with E-state index < -0.39 is 0 Å².